The lowest BCUT2D eigenvalue weighted by Gasteiger charge is -2.43. The van der Waals surface area contributed by atoms with Gasteiger partial charge in [0.25, 0.3) is 0 Å². The van der Waals surface area contributed by atoms with Gasteiger partial charge in [0.05, 0.1) is 17.4 Å². The number of piperidine rings is 1. The molecule has 1 aromatic carbocycles. The fourth-order valence-electron chi connectivity index (χ4n) is 6.68. The van der Waals surface area contributed by atoms with Crippen LogP contribution in [0.1, 0.15) is 36.9 Å². The maximum absolute atomic E-state index is 6.51. The molecule has 0 unspecified atom stereocenters. The summed E-state index contributed by atoms with van der Waals surface area (Å²) in [7, 11) is 0. The summed E-state index contributed by atoms with van der Waals surface area (Å²) in [5.74, 6) is 1.40. The highest BCUT2D eigenvalue weighted by Crippen LogP contribution is 2.53. The molecule has 6 rings (SSSR count). The molecule has 1 aromatic heterocycles. The molecule has 5 nitrogen and oxygen atoms in total. The smallest absolute Gasteiger partial charge is 0.180 e. The Morgan fingerprint density at radius 2 is 1.94 bits per heavy atom. The van der Waals surface area contributed by atoms with Crippen LogP contribution in [0.2, 0.25) is 0 Å². The van der Waals surface area contributed by atoms with Gasteiger partial charge in [-0.3, -0.25) is 0 Å². The molecule has 3 N–H and O–H groups in total. The number of benzene rings is 1. The Morgan fingerprint density at radius 1 is 1.16 bits per heavy atom. The Bertz CT molecular complexity index is 885. The van der Waals surface area contributed by atoms with Gasteiger partial charge in [-0.15, -0.1) is 36.2 Å². The van der Waals surface area contributed by atoms with Gasteiger partial charge in [0.2, 0.25) is 0 Å². The minimum Gasteiger partial charge on any atom is -0.375 e. The largest absolute Gasteiger partial charge is 0.375 e. The number of ether oxygens (including phenoxy) is 1. The van der Waals surface area contributed by atoms with Gasteiger partial charge in [0, 0.05) is 42.3 Å². The molecule has 0 amide bonds. The second-order valence-corrected chi connectivity index (χ2v) is 10.4. The number of nitrogen functional groups attached to an aromatic ring is 1. The molecule has 31 heavy (non-hydrogen) atoms. The summed E-state index contributed by atoms with van der Waals surface area (Å²) in [5.41, 5.74) is 8.72. The van der Waals surface area contributed by atoms with Gasteiger partial charge < -0.3 is 20.7 Å². The molecule has 8 heteroatoms. The van der Waals surface area contributed by atoms with Gasteiger partial charge >= 0.3 is 0 Å². The molecule has 4 aliphatic rings. The van der Waals surface area contributed by atoms with Gasteiger partial charge in [-0.2, -0.15) is 0 Å². The first-order valence-corrected chi connectivity index (χ1v) is 11.9. The van der Waals surface area contributed by atoms with Crippen molar-refractivity contribution in [2.45, 2.75) is 42.8 Å². The Kier molecular flexibility index (Phi) is 6.61. The van der Waals surface area contributed by atoms with Crippen LogP contribution in [-0.2, 0) is 10.2 Å². The van der Waals surface area contributed by atoms with E-state index < -0.39 is 0 Å². The molecule has 2 bridgehead atoms. The lowest BCUT2D eigenvalue weighted by atomic mass is 9.70. The van der Waals surface area contributed by atoms with Crippen molar-refractivity contribution in [2.75, 3.05) is 38.5 Å². The highest BCUT2D eigenvalue weighted by atomic mass is 35.5. The van der Waals surface area contributed by atoms with E-state index in [1.807, 2.05) is 0 Å². The van der Waals surface area contributed by atoms with E-state index in [0.29, 0.717) is 23.1 Å². The minimum absolute atomic E-state index is 0. The van der Waals surface area contributed by atoms with Crippen molar-refractivity contribution in [1.82, 2.24) is 15.2 Å². The van der Waals surface area contributed by atoms with E-state index in [0.717, 1.165) is 44.7 Å². The summed E-state index contributed by atoms with van der Waals surface area (Å²) >= 11 is 1.57. The molecule has 2 aromatic rings. The Balaban J connectivity index is 0.00000116. The third kappa shape index (κ3) is 3.69. The Hall–Kier alpha value is -0.890. The van der Waals surface area contributed by atoms with E-state index in [1.165, 1.54) is 24.9 Å². The Labute approximate surface area is 201 Å². The normalized spacial score (nSPS) is 33.5. The summed E-state index contributed by atoms with van der Waals surface area (Å²) in [6.07, 6.45) is 5.21. The van der Waals surface area contributed by atoms with Gasteiger partial charge in [-0.05, 0) is 44.3 Å². The number of anilines is 1. The van der Waals surface area contributed by atoms with Crippen LogP contribution in [0.5, 0.6) is 0 Å². The lowest BCUT2D eigenvalue weighted by Crippen LogP contribution is -2.48. The average molecular weight is 484 g/mol. The molecular formula is C23H32Cl2N4OS. The van der Waals surface area contributed by atoms with Crippen molar-refractivity contribution in [3.8, 4) is 0 Å². The number of fused-ring (bicyclic) bond motifs is 1. The van der Waals surface area contributed by atoms with Crippen molar-refractivity contribution < 1.29 is 4.74 Å². The van der Waals surface area contributed by atoms with Crippen LogP contribution in [0.15, 0.2) is 35.7 Å². The zero-order chi connectivity index (χ0) is 19.5. The molecule has 0 aliphatic carbocycles. The third-order valence-corrected chi connectivity index (χ3v) is 8.89. The van der Waals surface area contributed by atoms with Crippen molar-refractivity contribution in [2.24, 2.45) is 11.8 Å². The maximum atomic E-state index is 6.51. The number of rotatable bonds is 4. The number of nitrogens with one attached hydrogen (secondary N) is 1. The maximum Gasteiger partial charge on any atom is 0.180 e. The van der Waals surface area contributed by atoms with Crippen LogP contribution in [0.3, 0.4) is 0 Å². The fraction of sp³-hybridized carbons (Fsp3) is 0.609. The van der Waals surface area contributed by atoms with Crippen LogP contribution in [-0.4, -0.2) is 54.3 Å². The third-order valence-electron chi connectivity index (χ3n) is 8.21. The molecule has 1 spiro atoms. The number of nitrogens with two attached hydrogens (primary N) is 1. The van der Waals surface area contributed by atoms with Crippen molar-refractivity contribution in [3.05, 3.63) is 47.0 Å². The van der Waals surface area contributed by atoms with Crippen LogP contribution in [0, 0.1) is 11.8 Å². The first-order valence-electron chi connectivity index (χ1n) is 11.1. The summed E-state index contributed by atoms with van der Waals surface area (Å²) in [5, 5.41) is 6.46. The highest BCUT2D eigenvalue weighted by molar-refractivity contribution is 7.13. The lowest BCUT2D eigenvalue weighted by molar-refractivity contribution is 0.0114. The monoisotopic (exact) mass is 482 g/mol. The van der Waals surface area contributed by atoms with E-state index in [-0.39, 0.29) is 35.8 Å². The van der Waals surface area contributed by atoms with E-state index in [9.17, 15) is 0 Å². The summed E-state index contributed by atoms with van der Waals surface area (Å²) < 4.78 is 6.51. The van der Waals surface area contributed by atoms with Crippen molar-refractivity contribution in [1.29, 1.82) is 0 Å². The molecule has 0 radical (unpaired) electrons. The van der Waals surface area contributed by atoms with E-state index in [2.05, 4.69) is 45.9 Å². The molecule has 170 valence electrons. The predicted octanol–water partition coefficient (Wildman–Crippen LogP) is 3.72. The summed E-state index contributed by atoms with van der Waals surface area (Å²) in [6, 6.07) is 10.9. The zero-order valence-corrected chi connectivity index (χ0v) is 20.1. The number of hydrogen-bond acceptors (Lipinski definition) is 6. The number of thiazole rings is 1. The number of halogens is 2. The highest BCUT2D eigenvalue weighted by Gasteiger charge is 2.61. The van der Waals surface area contributed by atoms with Crippen molar-refractivity contribution in [3.63, 3.8) is 0 Å². The molecule has 4 fully saturated rings. The predicted molar refractivity (Wildman–Crippen MR) is 131 cm³/mol. The summed E-state index contributed by atoms with van der Waals surface area (Å²) in [4.78, 5) is 7.43. The SMILES string of the molecule is Cl.Cl.Nc1nc(C2(c3ccccc3)CCN(C[C@@H]3[C@H]4CNC[C@]45CC[C@H]3O5)CC2)cs1. The fourth-order valence-corrected chi connectivity index (χ4v) is 7.35. The van der Waals surface area contributed by atoms with Gasteiger partial charge in [0.1, 0.15) is 0 Å². The second kappa shape index (κ2) is 8.81. The quantitative estimate of drug-likeness (QED) is 0.694. The number of hydrogen-bond donors (Lipinski definition) is 2. The van der Waals surface area contributed by atoms with Crippen LogP contribution < -0.4 is 11.1 Å². The topological polar surface area (TPSA) is 63.4 Å². The molecule has 4 atom stereocenters. The van der Waals surface area contributed by atoms with E-state index >= 15 is 0 Å². The van der Waals surface area contributed by atoms with Gasteiger partial charge in [-0.1, -0.05) is 30.3 Å². The molecular weight excluding hydrogens is 451 g/mol. The Morgan fingerprint density at radius 3 is 2.65 bits per heavy atom. The molecule has 0 saturated carbocycles. The van der Waals surface area contributed by atoms with Crippen molar-refractivity contribution >= 4 is 41.3 Å². The van der Waals surface area contributed by atoms with E-state index in [1.54, 1.807) is 11.3 Å². The summed E-state index contributed by atoms with van der Waals surface area (Å²) in [6.45, 7) is 5.61. The standard InChI is InChI=1S/C23H30N4OS.2ClH/c24-21-26-20(14-29-21)22(16-4-2-1-3-5-16)8-10-27(11-9-22)13-17-18-12-25-15-23(18)7-6-19(17)28-23;;/h1-5,14,17-19,25H,6-13,15H2,(H2,24,26);2*1H/t17-,18-,19-,23-;;/m1../s1. The number of nitrogens with zero attached hydrogens (tertiary/aromatic N) is 2. The minimum atomic E-state index is -0.00675. The number of aromatic nitrogens is 1. The first kappa shape index (κ1) is 23.3. The average Bonchev–Trinajstić information content (AvgIpc) is 3.52. The van der Waals surface area contributed by atoms with Crippen LogP contribution in [0.4, 0.5) is 5.13 Å². The molecule has 4 saturated heterocycles. The second-order valence-electron chi connectivity index (χ2n) is 9.48. The first-order chi connectivity index (χ1) is 14.2. The molecule has 5 heterocycles. The zero-order valence-electron chi connectivity index (χ0n) is 17.7. The van der Waals surface area contributed by atoms with Gasteiger partial charge in [-0.25, -0.2) is 4.98 Å². The van der Waals surface area contributed by atoms with E-state index in [4.69, 9.17) is 15.5 Å². The van der Waals surface area contributed by atoms with Gasteiger partial charge in [0.15, 0.2) is 5.13 Å². The van der Waals surface area contributed by atoms with Crippen LogP contribution >= 0.6 is 36.2 Å². The van der Waals surface area contributed by atoms with Crippen LogP contribution in [0.25, 0.3) is 0 Å². The number of likely N-dealkylation sites (tertiary alicyclic amines) is 1. The molecule has 4 aliphatic heterocycles.